The van der Waals surface area contributed by atoms with Crippen LogP contribution >= 0.6 is 11.6 Å². The zero-order chi connectivity index (χ0) is 7.40. The van der Waals surface area contributed by atoms with E-state index in [-0.39, 0.29) is 6.04 Å². The van der Waals surface area contributed by atoms with Gasteiger partial charge < -0.3 is 15.4 Å². The van der Waals surface area contributed by atoms with Gasteiger partial charge in [0.05, 0.1) is 0 Å². The Kier molecular flexibility index (Phi) is 3.12. The smallest absolute Gasteiger partial charge is 0.139 e. The molecule has 2 atom stereocenters. The van der Waals surface area contributed by atoms with Crippen molar-refractivity contribution < 1.29 is 4.79 Å². The van der Waals surface area contributed by atoms with Crippen LogP contribution in [0.3, 0.4) is 0 Å². The van der Waals surface area contributed by atoms with Gasteiger partial charge in [0.25, 0.3) is 0 Å². The molecule has 0 aromatic carbocycles. The highest BCUT2D eigenvalue weighted by Gasteiger charge is 2.19. The van der Waals surface area contributed by atoms with Crippen molar-refractivity contribution in [2.45, 2.75) is 11.4 Å². The maximum Gasteiger partial charge on any atom is 0.139 e. The fourth-order valence-electron chi connectivity index (χ4n) is 0.996. The van der Waals surface area contributed by atoms with Crippen molar-refractivity contribution in [2.24, 2.45) is 0 Å². The summed E-state index contributed by atoms with van der Waals surface area (Å²) in [5, 5.41) is 5.89. The number of hydrogen-bond acceptors (Lipinski definition) is 3. The van der Waals surface area contributed by atoms with Gasteiger partial charge in [-0.3, -0.25) is 0 Å². The summed E-state index contributed by atoms with van der Waals surface area (Å²) in [7, 11) is 0. The Labute approximate surface area is 65.1 Å². The molecular formula is C6H11ClN2O. The van der Waals surface area contributed by atoms with Crippen molar-refractivity contribution in [1.82, 2.24) is 10.6 Å². The van der Waals surface area contributed by atoms with Crippen LogP contribution in [0.4, 0.5) is 0 Å². The molecule has 1 aliphatic rings. The predicted octanol–water partition coefficient (Wildman–Crippen LogP) is -0.646. The van der Waals surface area contributed by atoms with Gasteiger partial charge in [-0.15, -0.1) is 11.6 Å². The molecule has 1 saturated heterocycles. The minimum absolute atomic E-state index is 0.105. The summed E-state index contributed by atoms with van der Waals surface area (Å²) in [6.07, 6.45) is 0.770. The maximum absolute atomic E-state index is 10.2. The second kappa shape index (κ2) is 3.91. The number of halogens is 1. The van der Waals surface area contributed by atoms with Gasteiger partial charge in [0, 0.05) is 25.7 Å². The second-order valence-electron chi connectivity index (χ2n) is 2.35. The third-order valence-electron chi connectivity index (χ3n) is 1.59. The molecule has 0 aromatic rings. The monoisotopic (exact) mass is 162 g/mol. The number of carbonyl (C=O) groups excluding carboxylic acids is 1. The molecule has 0 spiro atoms. The molecule has 0 aromatic heterocycles. The number of hydrogen-bond donors (Lipinski definition) is 2. The minimum Gasteiger partial charge on any atom is -0.314 e. The van der Waals surface area contributed by atoms with Crippen LogP contribution in [0.1, 0.15) is 0 Å². The molecule has 58 valence electrons. The molecule has 1 aliphatic heterocycles. The van der Waals surface area contributed by atoms with Crippen molar-refractivity contribution in [2.75, 3.05) is 19.6 Å². The van der Waals surface area contributed by atoms with E-state index in [4.69, 9.17) is 11.6 Å². The van der Waals surface area contributed by atoms with Gasteiger partial charge in [-0.25, -0.2) is 0 Å². The largest absolute Gasteiger partial charge is 0.314 e. The highest BCUT2D eigenvalue weighted by Crippen LogP contribution is 2.00. The highest BCUT2D eigenvalue weighted by atomic mass is 35.5. The van der Waals surface area contributed by atoms with Crippen LogP contribution in [-0.2, 0) is 4.79 Å². The lowest BCUT2D eigenvalue weighted by Crippen LogP contribution is -2.52. The summed E-state index contributed by atoms with van der Waals surface area (Å²) < 4.78 is 0. The third kappa shape index (κ3) is 1.94. The molecule has 1 fully saturated rings. The van der Waals surface area contributed by atoms with Gasteiger partial charge in [0.15, 0.2) is 0 Å². The lowest BCUT2D eigenvalue weighted by Gasteiger charge is -2.25. The zero-order valence-corrected chi connectivity index (χ0v) is 6.40. The molecule has 1 heterocycles. The number of aldehydes is 1. The fourth-order valence-corrected chi connectivity index (χ4v) is 1.17. The zero-order valence-electron chi connectivity index (χ0n) is 5.64. The van der Waals surface area contributed by atoms with Gasteiger partial charge in [0.2, 0.25) is 0 Å². The Hall–Kier alpha value is -0.120. The van der Waals surface area contributed by atoms with E-state index in [9.17, 15) is 4.79 Å². The molecule has 0 amide bonds. The number of rotatable bonds is 2. The van der Waals surface area contributed by atoms with Crippen LogP contribution in [0, 0.1) is 0 Å². The average molecular weight is 163 g/mol. The Morgan fingerprint density at radius 1 is 1.60 bits per heavy atom. The molecule has 2 unspecified atom stereocenters. The predicted molar refractivity (Wildman–Crippen MR) is 40.4 cm³/mol. The third-order valence-corrected chi connectivity index (χ3v) is 1.99. The van der Waals surface area contributed by atoms with Crippen LogP contribution in [-0.4, -0.2) is 37.3 Å². The summed E-state index contributed by atoms with van der Waals surface area (Å²) >= 11 is 5.67. The summed E-state index contributed by atoms with van der Waals surface area (Å²) in [6.45, 7) is 2.63. The Bertz CT molecular complexity index is 114. The minimum atomic E-state index is -0.396. The van der Waals surface area contributed by atoms with Crippen molar-refractivity contribution in [3.63, 3.8) is 0 Å². The average Bonchev–Trinajstić information content (AvgIpc) is 2.05. The maximum atomic E-state index is 10.2. The van der Waals surface area contributed by atoms with Gasteiger partial charge >= 0.3 is 0 Å². The van der Waals surface area contributed by atoms with Crippen LogP contribution in [0.5, 0.6) is 0 Å². The molecule has 0 saturated carbocycles. The van der Waals surface area contributed by atoms with E-state index in [0.29, 0.717) is 0 Å². The van der Waals surface area contributed by atoms with Crippen LogP contribution in [0.25, 0.3) is 0 Å². The SMILES string of the molecule is O=CC(Cl)C1CNCCN1. The highest BCUT2D eigenvalue weighted by molar-refractivity contribution is 6.28. The van der Waals surface area contributed by atoms with Crippen LogP contribution in [0.15, 0.2) is 0 Å². The Morgan fingerprint density at radius 2 is 2.40 bits per heavy atom. The second-order valence-corrected chi connectivity index (χ2v) is 2.85. The molecule has 0 aliphatic carbocycles. The molecule has 3 nitrogen and oxygen atoms in total. The molecule has 10 heavy (non-hydrogen) atoms. The topological polar surface area (TPSA) is 41.1 Å². The number of nitrogens with one attached hydrogen (secondary N) is 2. The van der Waals surface area contributed by atoms with E-state index in [1.807, 2.05) is 0 Å². The van der Waals surface area contributed by atoms with Gasteiger partial charge in [-0.1, -0.05) is 0 Å². The van der Waals surface area contributed by atoms with Gasteiger partial charge in [0.1, 0.15) is 11.7 Å². The van der Waals surface area contributed by atoms with E-state index in [1.165, 1.54) is 0 Å². The number of piperazine rings is 1. The van der Waals surface area contributed by atoms with E-state index in [1.54, 1.807) is 0 Å². The van der Waals surface area contributed by atoms with Crippen molar-refractivity contribution in [3.05, 3.63) is 0 Å². The molecular weight excluding hydrogens is 152 g/mol. The fraction of sp³-hybridized carbons (Fsp3) is 0.833. The van der Waals surface area contributed by atoms with E-state index in [2.05, 4.69) is 10.6 Å². The summed E-state index contributed by atoms with van der Waals surface area (Å²) in [4.78, 5) is 10.2. The molecule has 4 heteroatoms. The Balaban J connectivity index is 2.30. The molecule has 2 N–H and O–H groups in total. The lowest BCUT2D eigenvalue weighted by atomic mass is 10.2. The lowest BCUT2D eigenvalue weighted by molar-refractivity contribution is -0.108. The quantitative estimate of drug-likeness (QED) is 0.419. The first-order chi connectivity index (χ1) is 4.84. The molecule has 0 radical (unpaired) electrons. The first kappa shape index (κ1) is 7.98. The standard InChI is InChI=1S/C6H11ClN2O/c7-5(4-10)6-3-8-1-2-9-6/h4-6,8-9H,1-3H2. The molecule has 1 rings (SSSR count). The first-order valence-corrected chi connectivity index (χ1v) is 3.81. The van der Waals surface area contributed by atoms with Crippen LogP contribution in [0.2, 0.25) is 0 Å². The van der Waals surface area contributed by atoms with Crippen LogP contribution < -0.4 is 10.6 Å². The van der Waals surface area contributed by atoms with Gasteiger partial charge in [-0.05, 0) is 0 Å². The summed E-state index contributed by atoms with van der Waals surface area (Å²) in [6, 6.07) is 0.105. The normalized spacial score (nSPS) is 29.5. The number of carbonyl (C=O) groups is 1. The summed E-state index contributed by atoms with van der Waals surface area (Å²) in [5.41, 5.74) is 0. The van der Waals surface area contributed by atoms with Crippen molar-refractivity contribution >= 4 is 17.9 Å². The number of alkyl halides is 1. The van der Waals surface area contributed by atoms with Crippen molar-refractivity contribution in [1.29, 1.82) is 0 Å². The van der Waals surface area contributed by atoms with E-state index >= 15 is 0 Å². The Morgan fingerprint density at radius 3 is 2.90 bits per heavy atom. The molecule has 0 bridgehead atoms. The van der Waals surface area contributed by atoms with Crippen molar-refractivity contribution in [3.8, 4) is 0 Å². The van der Waals surface area contributed by atoms with Gasteiger partial charge in [-0.2, -0.15) is 0 Å². The van der Waals surface area contributed by atoms with E-state index in [0.717, 1.165) is 25.9 Å². The van der Waals surface area contributed by atoms with E-state index < -0.39 is 5.38 Å². The first-order valence-electron chi connectivity index (χ1n) is 3.38. The summed E-state index contributed by atoms with van der Waals surface area (Å²) in [5.74, 6) is 0.